The van der Waals surface area contributed by atoms with Crippen molar-refractivity contribution in [3.8, 4) is 0 Å². The molecule has 0 spiro atoms. The van der Waals surface area contributed by atoms with Crippen molar-refractivity contribution < 1.29 is 14.3 Å². The maximum atomic E-state index is 12.5. The molecule has 0 saturated carbocycles. The average molecular weight is 371 g/mol. The lowest BCUT2D eigenvalue weighted by Crippen LogP contribution is -2.51. The van der Waals surface area contributed by atoms with Crippen LogP contribution in [-0.2, 0) is 9.53 Å². The van der Waals surface area contributed by atoms with Gasteiger partial charge >= 0.3 is 12.0 Å². The smallest absolute Gasteiger partial charge is 0.319 e. The van der Waals surface area contributed by atoms with Crippen LogP contribution in [0.4, 0.5) is 4.79 Å². The van der Waals surface area contributed by atoms with Gasteiger partial charge in [-0.2, -0.15) is 0 Å². The predicted molar refractivity (Wildman–Crippen MR) is 94.0 cm³/mol. The van der Waals surface area contributed by atoms with Gasteiger partial charge in [-0.25, -0.2) is 4.79 Å². The molecule has 0 aliphatic carbocycles. The van der Waals surface area contributed by atoms with Gasteiger partial charge in [0.05, 0.1) is 22.7 Å². The second-order valence-electron chi connectivity index (χ2n) is 5.63. The van der Waals surface area contributed by atoms with Gasteiger partial charge in [-0.3, -0.25) is 4.79 Å². The van der Waals surface area contributed by atoms with Gasteiger partial charge < -0.3 is 15.4 Å². The van der Waals surface area contributed by atoms with Gasteiger partial charge in [-0.05, 0) is 24.1 Å². The minimum Gasteiger partial charge on any atom is -0.465 e. The normalized spacial score (nSPS) is 20.3. The quantitative estimate of drug-likeness (QED) is 0.582. The van der Waals surface area contributed by atoms with E-state index < -0.39 is 24.0 Å². The number of halogens is 2. The van der Waals surface area contributed by atoms with Crippen molar-refractivity contribution in [2.75, 3.05) is 6.61 Å². The number of esters is 1. The van der Waals surface area contributed by atoms with Crippen LogP contribution in [0.1, 0.15) is 37.8 Å². The summed E-state index contributed by atoms with van der Waals surface area (Å²) in [6, 6.07) is 3.94. The fraction of sp³-hybridized carbons (Fsp3) is 0.412. The lowest BCUT2D eigenvalue weighted by molar-refractivity contribution is -0.148. The van der Waals surface area contributed by atoms with Crippen molar-refractivity contribution in [3.63, 3.8) is 0 Å². The number of benzene rings is 1. The third-order valence-electron chi connectivity index (χ3n) is 3.82. The van der Waals surface area contributed by atoms with Crippen molar-refractivity contribution in [2.45, 2.75) is 32.2 Å². The molecule has 2 amide bonds. The van der Waals surface area contributed by atoms with Crippen LogP contribution >= 0.6 is 23.2 Å². The number of amides is 2. The van der Waals surface area contributed by atoms with Gasteiger partial charge in [0.25, 0.3) is 0 Å². The Morgan fingerprint density at radius 1 is 1.29 bits per heavy atom. The summed E-state index contributed by atoms with van der Waals surface area (Å²) in [4.78, 5) is 24.3. The molecule has 0 bridgehead atoms. The van der Waals surface area contributed by atoms with Gasteiger partial charge in [0.15, 0.2) is 0 Å². The summed E-state index contributed by atoms with van der Waals surface area (Å²) in [5, 5.41) is 6.01. The van der Waals surface area contributed by atoms with Crippen molar-refractivity contribution >= 4 is 35.2 Å². The second kappa shape index (κ2) is 8.40. The first-order valence-corrected chi connectivity index (χ1v) is 8.57. The molecule has 7 heteroatoms. The van der Waals surface area contributed by atoms with Crippen molar-refractivity contribution in [2.24, 2.45) is 5.92 Å². The Labute approximate surface area is 151 Å². The fourth-order valence-electron chi connectivity index (χ4n) is 2.56. The highest BCUT2D eigenvalue weighted by molar-refractivity contribution is 6.42. The third kappa shape index (κ3) is 4.42. The lowest BCUT2D eigenvalue weighted by Gasteiger charge is -2.33. The number of hydrogen-bond donors (Lipinski definition) is 2. The molecular weight excluding hydrogens is 351 g/mol. The largest absolute Gasteiger partial charge is 0.465 e. The Bertz CT molecular complexity index is 649. The predicted octanol–water partition coefficient (Wildman–Crippen LogP) is 4.21. The van der Waals surface area contributed by atoms with Crippen molar-refractivity contribution in [1.82, 2.24) is 10.6 Å². The molecule has 1 aliphatic heterocycles. The summed E-state index contributed by atoms with van der Waals surface area (Å²) < 4.78 is 5.34. The van der Waals surface area contributed by atoms with Gasteiger partial charge in [0, 0.05) is 5.70 Å². The highest BCUT2D eigenvalue weighted by atomic mass is 35.5. The molecule has 1 aromatic rings. The SMILES string of the molecule is C=C1NC(=O)N[C@H](c2ccc(Cl)c(Cl)c2)[C@H]1C(=O)OCCCCC. The molecule has 1 heterocycles. The number of carbonyl (C=O) groups excluding carboxylic acids is 2. The summed E-state index contributed by atoms with van der Waals surface area (Å²) in [6.07, 6.45) is 2.83. The Kier molecular flexibility index (Phi) is 6.52. The first-order valence-electron chi connectivity index (χ1n) is 7.82. The van der Waals surface area contributed by atoms with Crippen LogP contribution < -0.4 is 10.6 Å². The first kappa shape index (κ1) is 18.6. The molecule has 0 aromatic heterocycles. The zero-order chi connectivity index (χ0) is 17.7. The summed E-state index contributed by atoms with van der Waals surface area (Å²) in [7, 11) is 0. The van der Waals surface area contributed by atoms with Crippen LogP contribution in [0.5, 0.6) is 0 Å². The summed E-state index contributed by atoms with van der Waals surface area (Å²) in [6.45, 7) is 6.22. The minimum atomic E-state index is -0.735. The Balaban J connectivity index is 2.20. The number of carbonyl (C=O) groups is 2. The van der Waals surface area contributed by atoms with E-state index >= 15 is 0 Å². The molecule has 24 heavy (non-hydrogen) atoms. The minimum absolute atomic E-state index is 0.301. The molecule has 2 atom stereocenters. The van der Waals surface area contributed by atoms with E-state index in [0.717, 1.165) is 19.3 Å². The van der Waals surface area contributed by atoms with E-state index in [4.69, 9.17) is 27.9 Å². The molecule has 0 radical (unpaired) electrons. The molecule has 2 N–H and O–H groups in total. The van der Waals surface area contributed by atoms with E-state index in [1.165, 1.54) is 0 Å². The number of ether oxygens (including phenoxy) is 1. The van der Waals surface area contributed by atoms with Crippen LogP contribution in [0.25, 0.3) is 0 Å². The Morgan fingerprint density at radius 2 is 2.04 bits per heavy atom. The van der Waals surface area contributed by atoms with Crippen molar-refractivity contribution in [1.29, 1.82) is 0 Å². The maximum Gasteiger partial charge on any atom is 0.319 e. The molecule has 2 rings (SSSR count). The van der Waals surface area contributed by atoms with E-state index in [1.807, 2.05) is 0 Å². The van der Waals surface area contributed by atoms with Crippen LogP contribution in [0.2, 0.25) is 10.0 Å². The molecule has 0 unspecified atom stereocenters. The van der Waals surface area contributed by atoms with Gasteiger partial charge in [0.2, 0.25) is 0 Å². The topological polar surface area (TPSA) is 67.4 Å². The molecule has 5 nitrogen and oxygen atoms in total. The van der Waals surface area contributed by atoms with E-state index in [0.29, 0.717) is 27.9 Å². The van der Waals surface area contributed by atoms with Gasteiger partial charge in [-0.15, -0.1) is 0 Å². The molecule has 130 valence electrons. The maximum absolute atomic E-state index is 12.5. The Hall–Kier alpha value is -1.72. The van der Waals surface area contributed by atoms with Gasteiger partial charge in [-0.1, -0.05) is 55.6 Å². The number of nitrogens with one attached hydrogen (secondary N) is 2. The van der Waals surface area contributed by atoms with Crippen molar-refractivity contribution in [3.05, 3.63) is 46.1 Å². The molecule has 1 aliphatic rings. The zero-order valence-electron chi connectivity index (χ0n) is 13.4. The van der Waals surface area contributed by atoms with Gasteiger partial charge in [0.1, 0.15) is 5.92 Å². The summed E-state index contributed by atoms with van der Waals surface area (Å²) in [5.41, 5.74) is 0.964. The standard InChI is InChI=1S/C17H20Cl2N2O3/c1-3-4-5-8-24-16(22)14-10(2)20-17(23)21-15(14)11-6-7-12(18)13(19)9-11/h6-7,9,14-15H,2-5,8H2,1H3,(H2,20,21,23)/t14-,15+/m0/s1. The Morgan fingerprint density at radius 3 is 2.71 bits per heavy atom. The highest BCUT2D eigenvalue weighted by Gasteiger charge is 2.39. The van der Waals surface area contributed by atoms with Crippen LogP contribution in [0.15, 0.2) is 30.5 Å². The molecule has 1 saturated heterocycles. The lowest BCUT2D eigenvalue weighted by atomic mass is 9.89. The molecule has 1 fully saturated rings. The number of urea groups is 1. The zero-order valence-corrected chi connectivity index (χ0v) is 14.9. The van der Waals surface area contributed by atoms with E-state index in [1.54, 1.807) is 18.2 Å². The third-order valence-corrected chi connectivity index (χ3v) is 4.56. The second-order valence-corrected chi connectivity index (χ2v) is 6.44. The average Bonchev–Trinajstić information content (AvgIpc) is 2.53. The fourth-order valence-corrected chi connectivity index (χ4v) is 2.87. The van der Waals surface area contributed by atoms with Crippen LogP contribution in [0.3, 0.4) is 0 Å². The van der Waals surface area contributed by atoms with E-state index in [2.05, 4.69) is 24.1 Å². The van der Waals surface area contributed by atoms with Crippen LogP contribution in [0, 0.1) is 5.92 Å². The number of unbranched alkanes of at least 4 members (excludes halogenated alkanes) is 2. The highest BCUT2D eigenvalue weighted by Crippen LogP contribution is 2.33. The molecule has 1 aromatic carbocycles. The summed E-state index contributed by atoms with van der Waals surface area (Å²) in [5.74, 6) is -1.17. The van der Waals surface area contributed by atoms with Crippen LogP contribution in [-0.4, -0.2) is 18.6 Å². The number of rotatable bonds is 6. The monoisotopic (exact) mass is 370 g/mol. The first-order chi connectivity index (χ1) is 11.4. The summed E-state index contributed by atoms with van der Waals surface area (Å²) >= 11 is 12.0. The van der Waals surface area contributed by atoms with E-state index in [9.17, 15) is 9.59 Å². The van der Waals surface area contributed by atoms with E-state index in [-0.39, 0.29) is 0 Å². The number of hydrogen-bond acceptors (Lipinski definition) is 3. The molecular formula is C17H20Cl2N2O3.